The second-order valence-corrected chi connectivity index (χ2v) is 6.72. The van der Waals surface area contributed by atoms with E-state index in [1.165, 1.54) is 0 Å². The zero-order valence-electron chi connectivity index (χ0n) is 13.5. The molecule has 1 N–H and O–H groups in total. The van der Waals surface area contributed by atoms with Gasteiger partial charge in [0.05, 0.1) is 6.10 Å². The van der Waals surface area contributed by atoms with Gasteiger partial charge in [-0.3, -0.25) is 4.79 Å². The maximum Gasteiger partial charge on any atom is 0.276 e. The SMILES string of the molecule is Cc1nc(C(=O)N2CCCC[C@@H]2[C@H]2CCCC[C@H]2O)c(C)o1. The summed E-state index contributed by atoms with van der Waals surface area (Å²) in [4.78, 5) is 19.1. The molecule has 1 aliphatic carbocycles. The Hall–Kier alpha value is -1.36. The molecule has 3 rings (SSSR count). The molecular weight excluding hydrogens is 280 g/mol. The number of aliphatic hydroxyl groups is 1. The third-order valence-corrected chi connectivity index (χ3v) is 5.19. The highest BCUT2D eigenvalue weighted by molar-refractivity contribution is 5.93. The Labute approximate surface area is 131 Å². The van der Waals surface area contributed by atoms with Gasteiger partial charge in [-0.15, -0.1) is 0 Å². The number of hydrogen-bond acceptors (Lipinski definition) is 4. The molecule has 1 aromatic rings. The van der Waals surface area contributed by atoms with Crippen molar-refractivity contribution in [3.8, 4) is 0 Å². The number of amides is 1. The van der Waals surface area contributed by atoms with Crippen molar-refractivity contribution in [3.05, 3.63) is 17.3 Å². The number of aromatic nitrogens is 1. The summed E-state index contributed by atoms with van der Waals surface area (Å²) in [5.41, 5.74) is 0.440. The van der Waals surface area contributed by atoms with Crippen LogP contribution in [0.2, 0.25) is 0 Å². The Morgan fingerprint density at radius 1 is 1.18 bits per heavy atom. The molecule has 1 amide bonds. The molecule has 0 radical (unpaired) electrons. The number of likely N-dealkylation sites (tertiary alicyclic amines) is 1. The van der Waals surface area contributed by atoms with E-state index in [4.69, 9.17) is 4.42 Å². The van der Waals surface area contributed by atoms with Gasteiger partial charge in [0, 0.05) is 25.4 Å². The van der Waals surface area contributed by atoms with Crippen LogP contribution in [-0.4, -0.2) is 39.6 Å². The number of nitrogens with zero attached hydrogens (tertiary/aromatic N) is 2. The van der Waals surface area contributed by atoms with Crippen molar-refractivity contribution in [2.45, 2.75) is 70.9 Å². The van der Waals surface area contributed by atoms with Gasteiger partial charge in [0.1, 0.15) is 5.76 Å². The van der Waals surface area contributed by atoms with E-state index in [-0.39, 0.29) is 24.0 Å². The van der Waals surface area contributed by atoms with Crippen LogP contribution < -0.4 is 0 Å². The molecule has 1 saturated heterocycles. The van der Waals surface area contributed by atoms with Crippen molar-refractivity contribution >= 4 is 5.91 Å². The van der Waals surface area contributed by atoms with Crippen molar-refractivity contribution < 1.29 is 14.3 Å². The molecule has 1 saturated carbocycles. The summed E-state index contributed by atoms with van der Waals surface area (Å²) >= 11 is 0. The van der Waals surface area contributed by atoms with Crippen LogP contribution in [0, 0.1) is 19.8 Å². The lowest BCUT2D eigenvalue weighted by molar-refractivity contribution is -0.00155. The van der Waals surface area contributed by atoms with Crippen molar-refractivity contribution in [2.75, 3.05) is 6.54 Å². The van der Waals surface area contributed by atoms with E-state index >= 15 is 0 Å². The fourth-order valence-corrected chi connectivity index (χ4v) is 4.11. The number of rotatable bonds is 2. The largest absolute Gasteiger partial charge is 0.445 e. The average molecular weight is 306 g/mol. The highest BCUT2D eigenvalue weighted by Gasteiger charge is 2.38. The van der Waals surface area contributed by atoms with Crippen molar-refractivity contribution in [3.63, 3.8) is 0 Å². The highest BCUT2D eigenvalue weighted by atomic mass is 16.4. The second kappa shape index (κ2) is 6.41. The van der Waals surface area contributed by atoms with Crippen LogP contribution in [0.1, 0.15) is 67.1 Å². The Bertz CT molecular complexity index is 540. The van der Waals surface area contributed by atoms with E-state index in [0.29, 0.717) is 17.3 Å². The average Bonchev–Trinajstić information content (AvgIpc) is 2.86. The summed E-state index contributed by atoms with van der Waals surface area (Å²) in [7, 11) is 0. The van der Waals surface area contributed by atoms with Crippen molar-refractivity contribution in [1.82, 2.24) is 9.88 Å². The van der Waals surface area contributed by atoms with E-state index in [9.17, 15) is 9.90 Å². The fraction of sp³-hybridized carbons (Fsp3) is 0.765. The van der Waals surface area contributed by atoms with Gasteiger partial charge in [-0.2, -0.15) is 0 Å². The quantitative estimate of drug-likeness (QED) is 0.912. The number of hydrogen-bond donors (Lipinski definition) is 1. The van der Waals surface area contributed by atoms with Crippen LogP contribution in [0.25, 0.3) is 0 Å². The molecule has 5 heteroatoms. The Kier molecular flexibility index (Phi) is 4.52. The van der Waals surface area contributed by atoms with Gasteiger partial charge in [-0.05, 0) is 39.0 Å². The molecule has 0 unspecified atom stereocenters. The first-order chi connectivity index (χ1) is 10.6. The van der Waals surface area contributed by atoms with Crippen molar-refractivity contribution in [1.29, 1.82) is 0 Å². The molecule has 2 fully saturated rings. The fourth-order valence-electron chi connectivity index (χ4n) is 4.11. The standard InChI is InChI=1S/C17H26N2O3/c1-11-16(18-12(2)22-11)17(21)19-10-6-5-8-14(19)13-7-3-4-9-15(13)20/h13-15,20H,3-10H2,1-2H3/t13-,14-,15-/m1/s1. The number of carbonyl (C=O) groups excluding carboxylic acids is 1. The second-order valence-electron chi connectivity index (χ2n) is 6.72. The Morgan fingerprint density at radius 3 is 2.59 bits per heavy atom. The molecule has 122 valence electrons. The molecule has 2 heterocycles. The number of carbonyl (C=O) groups is 1. The summed E-state index contributed by atoms with van der Waals surface area (Å²) in [6.07, 6.45) is 7.02. The van der Waals surface area contributed by atoms with Crippen LogP contribution in [0.3, 0.4) is 0 Å². The lowest BCUT2D eigenvalue weighted by atomic mass is 9.78. The lowest BCUT2D eigenvalue weighted by Gasteiger charge is -2.43. The normalized spacial score (nSPS) is 29.6. The number of oxazole rings is 1. The van der Waals surface area contributed by atoms with Gasteiger partial charge in [0.15, 0.2) is 11.6 Å². The first kappa shape index (κ1) is 15.5. The summed E-state index contributed by atoms with van der Waals surface area (Å²) in [5.74, 6) is 1.31. The third kappa shape index (κ3) is 2.91. The van der Waals surface area contributed by atoms with E-state index in [0.717, 1.165) is 51.5 Å². The van der Waals surface area contributed by atoms with Crippen molar-refractivity contribution in [2.24, 2.45) is 5.92 Å². The van der Waals surface area contributed by atoms with Crippen LogP contribution in [0.4, 0.5) is 0 Å². The van der Waals surface area contributed by atoms with Gasteiger partial charge in [0.2, 0.25) is 0 Å². The Morgan fingerprint density at radius 2 is 1.91 bits per heavy atom. The molecule has 1 aliphatic heterocycles. The summed E-state index contributed by atoms with van der Waals surface area (Å²) in [6.45, 7) is 4.32. The van der Waals surface area contributed by atoms with Crippen LogP contribution >= 0.6 is 0 Å². The van der Waals surface area contributed by atoms with E-state index in [1.807, 2.05) is 4.90 Å². The predicted octanol–water partition coefficient (Wildman–Crippen LogP) is 2.84. The molecule has 22 heavy (non-hydrogen) atoms. The lowest BCUT2D eigenvalue weighted by Crippen LogP contribution is -2.51. The molecule has 0 spiro atoms. The molecule has 1 aromatic heterocycles. The topological polar surface area (TPSA) is 66.6 Å². The predicted molar refractivity (Wildman–Crippen MR) is 82.6 cm³/mol. The molecule has 3 atom stereocenters. The van der Waals surface area contributed by atoms with Gasteiger partial charge in [-0.25, -0.2) is 4.98 Å². The maximum absolute atomic E-state index is 12.9. The van der Waals surface area contributed by atoms with Crippen LogP contribution in [0.15, 0.2) is 4.42 Å². The summed E-state index contributed by atoms with van der Waals surface area (Å²) in [5, 5.41) is 10.4. The highest BCUT2D eigenvalue weighted by Crippen LogP contribution is 2.34. The third-order valence-electron chi connectivity index (χ3n) is 5.19. The minimum absolute atomic E-state index is 0.0307. The summed E-state index contributed by atoms with van der Waals surface area (Å²) in [6, 6.07) is 0.146. The van der Waals surface area contributed by atoms with Gasteiger partial charge < -0.3 is 14.4 Å². The van der Waals surface area contributed by atoms with E-state index < -0.39 is 0 Å². The van der Waals surface area contributed by atoms with Gasteiger partial charge in [0.25, 0.3) is 5.91 Å². The van der Waals surface area contributed by atoms with Crippen LogP contribution in [0.5, 0.6) is 0 Å². The smallest absolute Gasteiger partial charge is 0.276 e. The first-order valence-electron chi connectivity index (χ1n) is 8.51. The Balaban J connectivity index is 1.83. The number of aliphatic hydroxyl groups excluding tert-OH is 1. The minimum atomic E-state index is -0.271. The monoisotopic (exact) mass is 306 g/mol. The number of piperidine rings is 1. The van der Waals surface area contributed by atoms with E-state index in [2.05, 4.69) is 4.98 Å². The van der Waals surface area contributed by atoms with Crippen LogP contribution in [-0.2, 0) is 0 Å². The summed E-state index contributed by atoms with van der Waals surface area (Å²) < 4.78 is 5.42. The molecular formula is C17H26N2O3. The van der Waals surface area contributed by atoms with E-state index in [1.54, 1.807) is 13.8 Å². The molecule has 0 aromatic carbocycles. The maximum atomic E-state index is 12.9. The zero-order chi connectivity index (χ0) is 15.7. The first-order valence-corrected chi connectivity index (χ1v) is 8.51. The van der Waals surface area contributed by atoms with Gasteiger partial charge >= 0.3 is 0 Å². The molecule has 0 bridgehead atoms. The zero-order valence-corrected chi connectivity index (χ0v) is 13.5. The van der Waals surface area contributed by atoms with Gasteiger partial charge in [-0.1, -0.05) is 12.8 Å². The molecule has 5 nitrogen and oxygen atoms in total. The number of aryl methyl sites for hydroxylation is 2. The molecule has 2 aliphatic rings. The minimum Gasteiger partial charge on any atom is -0.445 e.